The van der Waals surface area contributed by atoms with Gasteiger partial charge in [-0.3, -0.25) is 4.79 Å². The van der Waals surface area contributed by atoms with E-state index in [0.717, 1.165) is 23.1 Å². The summed E-state index contributed by atoms with van der Waals surface area (Å²) in [6.45, 7) is 1.26. The van der Waals surface area contributed by atoms with Crippen LogP contribution in [0.4, 0.5) is 15.8 Å². The molecule has 0 fully saturated rings. The van der Waals surface area contributed by atoms with Crippen molar-refractivity contribution < 1.29 is 9.18 Å². The van der Waals surface area contributed by atoms with Crippen molar-refractivity contribution in [2.45, 2.75) is 0 Å². The molecule has 1 aliphatic rings. The number of aromatic amines is 1. The van der Waals surface area contributed by atoms with E-state index in [1.54, 1.807) is 17.0 Å². The standard InChI is InChI=1S/C18H16FN3O/c1-21-8-9-22(17-11-14(19)3-5-16(17)21)18(23)13-2-4-15-12(10-13)6-7-20-15/h2-7,10-11,20H,8-9H2,1H3. The minimum Gasteiger partial charge on any atom is -0.371 e. The molecule has 2 aromatic carbocycles. The van der Waals surface area contributed by atoms with Crippen molar-refractivity contribution in [1.82, 2.24) is 4.98 Å². The van der Waals surface area contributed by atoms with Crippen LogP contribution in [-0.4, -0.2) is 31.0 Å². The Morgan fingerprint density at radius 3 is 2.83 bits per heavy atom. The predicted molar refractivity (Wildman–Crippen MR) is 89.6 cm³/mol. The number of carbonyl (C=O) groups excluding carboxylic acids is 1. The average Bonchev–Trinajstić information content (AvgIpc) is 3.02. The zero-order valence-corrected chi connectivity index (χ0v) is 12.7. The fourth-order valence-electron chi connectivity index (χ4n) is 3.08. The molecule has 0 aliphatic carbocycles. The second-order valence-electron chi connectivity index (χ2n) is 5.79. The lowest BCUT2D eigenvalue weighted by Crippen LogP contribution is -2.42. The Morgan fingerprint density at radius 1 is 1.09 bits per heavy atom. The lowest BCUT2D eigenvalue weighted by atomic mass is 10.1. The Morgan fingerprint density at radius 2 is 1.96 bits per heavy atom. The van der Waals surface area contributed by atoms with E-state index in [-0.39, 0.29) is 11.7 Å². The number of nitrogens with one attached hydrogen (secondary N) is 1. The molecular weight excluding hydrogens is 293 g/mol. The van der Waals surface area contributed by atoms with E-state index < -0.39 is 0 Å². The molecule has 0 atom stereocenters. The number of aromatic nitrogens is 1. The maximum Gasteiger partial charge on any atom is 0.258 e. The lowest BCUT2D eigenvalue weighted by molar-refractivity contribution is 0.0987. The lowest BCUT2D eigenvalue weighted by Gasteiger charge is -2.35. The first-order valence-corrected chi connectivity index (χ1v) is 7.53. The molecule has 116 valence electrons. The monoisotopic (exact) mass is 309 g/mol. The summed E-state index contributed by atoms with van der Waals surface area (Å²) >= 11 is 0. The molecule has 1 amide bonds. The Bertz CT molecular complexity index is 902. The molecular formula is C18H16FN3O. The number of halogens is 1. The van der Waals surface area contributed by atoms with E-state index in [1.807, 2.05) is 36.3 Å². The highest BCUT2D eigenvalue weighted by atomic mass is 19.1. The zero-order valence-electron chi connectivity index (χ0n) is 12.7. The molecule has 3 aromatic rings. The molecule has 23 heavy (non-hydrogen) atoms. The summed E-state index contributed by atoms with van der Waals surface area (Å²) in [4.78, 5) is 19.7. The Balaban J connectivity index is 1.76. The van der Waals surface area contributed by atoms with Gasteiger partial charge in [0.15, 0.2) is 0 Å². The first kappa shape index (κ1) is 13.8. The van der Waals surface area contributed by atoms with Gasteiger partial charge >= 0.3 is 0 Å². The summed E-state index contributed by atoms with van der Waals surface area (Å²) in [5, 5.41) is 0.990. The maximum absolute atomic E-state index is 13.7. The number of H-pyrrole nitrogens is 1. The molecule has 0 radical (unpaired) electrons. The quantitative estimate of drug-likeness (QED) is 0.748. The number of benzene rings is 2. The molecule has 0 saturated heterocycles. The second-order valence-corrected chi connectivity index (χ2v) is 5.79. The number of anilines is 2. The van der Waals surface area contributed by atoms with E-state index in [1.165, 1.54) is 12.1 Å². The third-order valence-electron chi connectivity index (χ3n) is 4.34. The molecule has 0 unspecified atom stereocenters. The van der Waals surface area contributed by atoms with E-state index >= 15 is 0 Å². The van der Waals surface area contributed by atoms with Crippen LogP contribution in [0.1, 0.15) is 10.4 Å². The van der Waals surface area contributed by atoms with Gasteiger partial charge in [-0.05, 0) is 42.5 Å². The first-order valence-electron chi connectivity index (χ1n) is 7.53. The van der Waals surface area contributed by atoms with Gasteiger partial charge in [-0.2, -0.15) is 0 Å². The van der Waals surface area contributed by atoms with Gasteiger partial charge in [0.25, 0.3) is 5.91 Å². The number of nitrogens with zero attached hydrogens (tertiary/aromatic N) is 2. The van der Waals surface area contributed by atoms with Gasteiger partial charge in [-0.1, -0.05) is 0 Å². The van der Waals surface area contributed by atoms with Crippen molar-refractivity contribution >= 4 is 28.2 Å². The summed E-state index contributed by atoms with van der Waals surface area (Å²) in [7, 11) is 1.95. The minimum atomic E-state index is -0.335. The average molecular weight is 309 g/mol. The second kappa shape index (κ2) is 5.12. The number of hydrogen-bond acceptors (Lipinski definition) is 2. The summed E-state index contributed by atoms with van der Waals surface area (Å²) < 4.78 is 13.7. The largest absolute Gasteiger partial charge is 0.371 e. The summed E-state index contributed by atoms with van der Waals surface area (Å²) in [6, 6.07) is 12.1. The van der Waals surface area contributed by atoms with Crippen LogP contribution >= 0.6 is 0 Å². The van der Waals surface area contributed by atoms with E-state index in [9.17, 15) is 9.18 Å². The van der Waals surface area contributed by atoms with E-state index in [0.29, 0.717) is 17.8 Å². The Labute approximate surface area is 133 Å². The number of likely N-dealkylation sites (N-methyl/N-ethyl adjacent to an activating group) is 1. The zero-order chi connectivity index (χ0) is 16.0. The van der Waals surface area contributed by atoms with Crippen LogP contribution in [0.25, 0.3) is 10.9 Å². The molecule has 2 heterocycles. The summed E-state index contributed by atoms with van der Waals surface area (Å²) in [6.07, 6.45) is 1.85. The van der Waals surface area contributed by atoms with Gasteiger partial charge < -0.3 is 14.8 Å². The normalized spacial score (nSPS) is 14.2. The fourth-order valence-corrected chi connectivity index (χ4v) is 3.08. The predicted octanol–water partition coefficient (Wildman–Crippen LogP) is 3.40. The van der Waals surface area contributed by atoms with Crippen molar-refractivity contribution in [2.75, 3.05) is 29.9 Å². The van der Waals surface area contributed by atoms with Gasteiger partial charge in [0.1, 0.15) is 5.82 Å². The number of amides is 1. The summed E-state index contributed by atoms with van der Waals surface area (Å²) in [5.74, 6) is -0.439. The minimum absolute atomic E-state index is 0.104. The molecule has 1 aromatic heterocycles. The van der Waals surface area contributed by atoms with Gasteiger partial charge in [-0.15, -0.1) is 0 Å². The van der Waals surface area contributed by atoms with Crippen molar-refractivity contribution in [3.8, 4) is 0 Å². The molecule has 4 nitrogen and oxygen atoms in total. The van der Waals surface area contributed by atoms with Crippen molar-refractivity contribution in [2.24, 2.45) is 0 Å². The van der Waals surface area contributed by atoms with Crippen LogP contribution < -0.4 is 9.80 Å². The number of hydrogen-bond donors (Lipinski definition) is 1. The third kappa shape index (κ3) is 2.25. The van der Waals surface area contributed by atoms with Crippen LogP contribution in [-0.2, 0) is 0 Å². The van der Waals surface area contributed by atoms with Crippen molar-refractivity contribution in [3.05, 3.63) is 60.0 Å². The van der Waals surface area contributed by atoms with Crippen LogP contribution in [0.2, 0.25) is 0 Å². The van der Waals surface area contributed by atoms with E-state index in [2.05, 4.69) is 4.98 Å². The van der Waals surface area contributed by atoms with Gasteiger partial charge in [0.2, 0.25) is 0 Å². The van der Waals surface area contributed by atoms with E-state index in [4.69, 9.17) is 0 Å². The van der Waals surface area contributed by atoms with Gasteiger partial charge in [0, 0.05) is 42.8 Å². The highest BCUT2D eigenvalue weighted by molar-refractivity contribution is 6.09. The van der Waals surface area contributed by atoms with Gasteiger partial charge in [0.05, 0.1) is 11.4 Å². The SMILES string of the molecule is CN1CCN(C(=O)c2ccc3[nH]ccc3c2)c2cc(F)ccc21. The molecule has 1 aliphatic heterocycles. The molecule has 0 saturated carbocycles. The number of carbonyl (C=O) groups is 1. The van der Waals surface area contributed by atoms with Crippen molar-refractivity contribution in [3.63, 3.8) is 0 Å². The number of fused-ring (bicyclic) bond motifs is 2. The molecule has 0 bridgehead atoms. The smallest absolute Gasteiger partial charge is 0.258 e. The van der Waals surface area contributed by atoms with Crippen LogP contribution in [0.5, 0.6) is 0 Å². The highest BCUT2D eigenvalue weighted by Gasteiger charge is 2.26. The fraction of sp³-hybridized carbons (Fsp3) is 0.167. The Hall–Kier alpha value is -2.82. The van der Waals surface area contributed by atoms with Crippen molar-refractivity contribution in [1.29, 1.82) is 0 Å². The summed E-state index contributed by atoms with van der Waals surface area (Å²) in [5.41, 5.74) is 3.09. The van der Waals surface area contributed by atoms with Crippen LogP contribution in [0.15, 0.2) is 48.7 Å². The third-order valence-corrected chi connectivity index (χ3v) is 4.34. The maximum atomic E-state index is 13.7. The molecule has 5 heteroatoms. The Kier molecular flexibility index (Phi) is 3.08. The van der Waals surface area contributed by atoms with Crippen LogP contribution in [0, 0.1) is 5.82 Å². The molecule has 4 rings (SSSR count). The first-order chi connectivity index (χ1) is 11.1. The topological polar surface area (TPSA) is 39.3 Å². The highest BCUT2D eigenvalue weighted by Crippen LogP contribution is 2.34. The van der Waals surface area contributed by atoms with Crippen LogP contribution in [0.3, 0.4) is 0 Å². The van der Waals surface area contributed by atoms with Gasteiger partial charge in [-0.25, -0.2) is 4.39 Å². The molecule has 0 spiro atoms. The molecule has 1 N–H and O–H groups in total. The number of rotatable bonds is 1.